The first-order valence-corrected chi connectivity index (χ1v) is 6.96. The van der Waals surface area contributed by atoms with Gasteiger partial charge in [0.15, 0.2) is 0 Å². The maximum absolute atomic E-state index is 11.9. The molecule has 1 aliphatic heterocycles. The molecular formula is C14H26N4O. The van der Waals surface area contributed by atoms with E-state index >= 15 is 0 Å². The van der Waals surface area contributed by atoms with Crippen LogP contribution in [0.1, 0.15) is 13.3 Å². The zero-order valence-electron chi connectivity index (χ0n) is 12.1. The summed E-state index contributed by atoms with van der Waals surface area (Å²) >= 11 is 0. The number of carbonyl (C=O) groups excluding carboxylic acids is 1. The number of nitrogens with zero attached hydrogens (tertiary/aromatic N) is 2. The van der Waals surface area contributed by atoms with Crippen molar-refractivity contribution in [1.29, 1.82) is 0 Å². The minimum Gasteiger partial charge on any atom is -0.375 e. The topological polar surface area (TPSA) is 47.6 Å². The van der Waals surface area contributed by atoms with Crippen molar-refractivity contribution in [3.8, 4) is 0 Å². The molecule has 5 nitrogen and oxygen atoms in total. The van der Waals surface area contributed by atoms with Gasteiger partial charge in [0.2, 0.25) is 5.91 Å². The molecule has 5 heteroatoms. The third kappa shape index (κ3) is 4.95. The van der Waals surface area contributed by atoms with Crippen molar-refractivity contribution in [2.45, 2.75) is 13.3 Å². The number of hydrogen-bond donors (Lipinski definition) is 2. The van der Waals surface area contributed by atoms with Crippen molar-refractivity contribution in [2.75, 3.05) is 46.3 Å². The molecule has 0 atom stereocenters. The smallest absolute Gasteiger partial charge is 0.236 e. The Hall–Kier alpha value is -1.49. The molecule has 0 aromatic rings. The van der Waals surface area contributed by atoms with Crippen LogP contribution >= 0.6 is 0 Å². The van der Waals surface area contributed by atoms with Gasteiger partial charge in [0, 0.05) is 33.2 Å². The molecular weight excluding hydrogens is 240 g/mol. The van der Waals surface area contributed by atoms with Gasteiger partial charge in [0.1, 0.15) is 5.82 Å². The number of allylic oxidation sites excluding steroid dienone is 2. The minimum atomic E-state index is 0.201. The van der Waals surface area contributed by atoms with E-state index in [4.69, 9.17) is 0 Å². The fourth-order valence-electron chi connectivity index (χ4n) is 2.14. The summed E-state index contributed by atoms with van der Waals surface area (Å²) in [5, 5.41) is 6.31. The molecule has 1 amide bonds. The van der Waals surface area contributed by atoms with Crippen molar-refractivity contribution in [2.24, 2.45) is 0 Å². The Morgan fingerprint density at radius 1 is 1.26 bits per heavy atom. The molecule has 0 spiro atoms. The highest BCUT2D eigenvalue weighted by Crippen LogP contribution is 2.07. The molecule has 2 N–H and O–H groups in total. The first kappa shape index (κ1) is 15.6. The quantitative estimate of drug-likeness (QED) is 0.516. The first-order chi connectivity index (χ1) is 9.22. The summed E-state index contributed by atoms with van der Waals surface area (Å²) in [6.45, 7) is 10.4. The van der Waals surface area contributed by atoms with Gasteiger partial charge in [-0.15, -0.1) is 0 Å². The second-order valence-electron chi connectivity index (χ2n) is 4.58. The van der Waals surface area contributed by atoms with Crippen LogP contribution in [-0.4, -0.2) is 62.0 Å². The SMILES string of the molecule is C=C/C=C(\NC)N1CCN(C(=O)CNCCC)CC1. The maximum Gasteiger partial charge on any atom is 0.236 e. The number of carbonyl (C=O) groups is 1. The number of rotatable bonds is 7. The van der Waals surface area contributed by atoms with Crippen LogP contribution in [0, 0.1) is 0 Å². The van der Waals surface area contributed by atoms with Crippen LogP contribution in [0.15, 0.2) is 24.6 Å². The van der Waals surface area contributed by atoms with Crippen LogP contribution in [0.5, 0.6) is 0 Å². The second-order valence-corrected chi connectivity index (χ2v) is 4.58. The fraction of sp³-hybridized carbons (Fsp3) is 0.643. The molecule has 1 fully saturated rings. The molecule has 0 bridgehead atoms. The molecule has 19 heavy (non-hydrogen) atoms. The van der Waals surface area contributed by atoms with Crippen molar-refractivity contribution >= 4 is 5.91 Å². The van der Waals surface area contributed by atoms with E-state index in [0.29, 0.717) is 6.54 Å². The fourth-order valence-corrected chi connectivity index (χ4v) is 2.14. The van der Waals surface area contributed by atoms with Crippen molar-refractivity contribution < 1.29 is 4.79 Å². The summed E-state index contributed by atoms with van der Waals surface area (Å²) < 4.78 is 0. The lowest BCUT2D eigenvalue weighted by Gasteiger charge is -2.37. The summed E-state index contributed by atoms with van der Waals surface area (Å²) in [5.41, 5.74) is 0. The Balaban J connectivity index is 2.37. The second kappa shape index (κ2) is 8.58. The molecule has 1 heterocycles. The van der Waals surface area contributed by atoms with E-state index in [2.05, 4.69) is 29.0 Å². The first-order valence-electron chi connectivity index (χ1n) is 6.96. The molecule has 1 rings (SSSR count). The lowest BCUT2D eigenvalue weighted by atomic mass is 10.3. The summed E-state index contributed by atoms with van der Waals surface area (Å²) in [6, 6.07) is 0. The van der Waals surface area contributed by atoms with E-state index in [1.165, 1.54) is 0 Å². The minimum absolute atomic E-state index is 0.201. The normalized spacial score (nSPS) is 16.4. The summed E-state index contributed by atoms with van der Waals surface area (Å²) in [7, 11) is 1.90. The molecule has 0 unspecified atom stereocenters. The van der Waals surface area contributed by atoms with Gasteiger partial charge < -0.3 is 20.4 Å². The van der Waals surface area contributed by atoms with Gasteiger partial charge in [-0.2, -0.15) is 0 Å². The summed E-state index contributed by atoms with van der Waals surface area (Å²) in [4.78, 5) is 16.1. The van der Waals surface area contributed by atoms with Crippen molar-refractivity contribution in [3.05, 3.63) is 24.6 Å². The Kier molecular flexibility index (Phi) is 7.03. The van der Waals surface area contributed by atoms with Gasteiger partial charge in [-0.05, 0) is 19.0 Å². The van der Waals surface area contributed by atoms with Crippen LogP contribution in [0.25, 0.3) is 0 Å². The van der Waals surface area contributed by atoms with Gasteiger partial charge >= 0.3 is 0 Å². The Morgan fingerprint density at radius 3 is 2.42 bits per heavy atom. The summed E-state index contributed by atoms with van der Waals surface area (Å²) in [6.07, 6.45) is 4.79. The van der Waals surface area contributed by atoms with E-state index < -0.39 is 0 Å². The molecule has 0 aliphatic carbocycles. The van der Waals surface area contributed by atoms with E-state index in [-0.39, 0.29) is 5.91 Å². The summed E-state index contributed by atoms with van der Waals surface area (Å²) in [5.74, 6) is 1.26. The van der Waals surface area contributed by atoms with E-state index in [1.54, 1.807) is 6.08 Å². The van der Waals surface area contributed by atoms with Crippen LogP contribution in [0.2, 0.25) is 0 Å². The molecule has 1 saturated heterocycles. The monoisotopic (exact) mass is 266 g/mol. The van der Waals surface area contributed by atoms with E-state index in [1.807, 2.05) is 18.0 Å². The predicted molar refractivity (Wildman–Crippen MR) is 78.7 cm³/mol. The van der Waals surface area contributed by atoms with Crippen LogP contribution in [-0.2, 0) is 4.79 Å². The van der Waals surface area contributed by atoms with Gasteiger partial charge in [0.05, 0.1) is 6.54 Å². The van der Waals surface area contributed by atoms with Crippen molar-refractivity contribution in [1.82, 2.24) is 20.4 Å². The lowest BCUT2D eigenvalue weighted by molar-refractivity contribution is -0.131. The Labute approximate surface area is 116 Å². The molecule has 0 aromatic carbocycles. The Bertz CT molecular complexity index is 319. The van der Waals surface area contributed by atoms with Crippen molar-refractivity contribution in [3.63, 3.8) is 0 Å². The molecule has 0 radical (unpaired) electrons. The van der Waals surface area contributed by atoms with Gasteiger partial charge in [-0.25, -0.2) is 0 Å². The highest BCUT2D eigenvalue weighted by atomic mass is 16.2. The third-order valence-electron chi connectivity index (χ3n) is 3.21. The molecule has 108 valence electrons. The van der Waals surface area contributed by atoms with Crippen LogP contribution in [0.4, 0.5) is 0 Å². The average molecular weight is 266 g/mol. The molecule has 0 saturated carbocycles. The van der Waals surface area contributed by atoms with Crippen LogP contribution < -0.4 is 10.6 Å². The van der Waals surface area contributed by atoms with E-state index in [9.17, 15) is 4.79 Å². The Morgan fingerprint density at radius 2 is 1.89 bits per heavy atom. The van der Waals surface area contributed by atoms with Gasteiger partial charge in [-0.1, -0.05) is 19.6 Å². The van der Waals surface area contributed by atoms with Gasteiger partial charge in [0.25, 0.3) is 0 Å². The van der Waals surface area contributed by atoms with Gasteiger partial charge in [-0.3, -0.25) is 4.79 Å². The average Bonchev–Trinajstić information content (AvgIpc) is 2.45. The highest BCUT2D eigenvalue weighted by molar-refractivity contribution is 5.78. The highest BCUT2D eigenvalue weighted by Gasteiger charge is 2.21. The van der Waals surface area contributed by atoms with Crippen LogP contribution in [0.3, 0.4) is 0 Å². The standard InChI is InChI=1S/C14H26N4O/c1-4-6-13(15-3)17-8-10-18(11-9-17)14(19)12-16-7-5-2/h4,6,15-16H,1,5,7-12H2,2-3H3/b13-6+. The third-order valence-corrected chi connectivity index (χ3v) is 3.21. The number of nitrogens with one attached hydrogen (secondary N) is 2. The lowest BCUT2D eigenvalue weighted by Crippen LogP contribution is -2.51. The number of hydrogen-bond acceptors (Lipinski definition) is 4. The largest absolute Gasteiger partial charge is 0.375 e. The molecule has 0 aromatic heterocycles. The molecule has 1 aliphatic rings. The maximum atomic E-state index is 11.9. The van der Waals surface area contributed by atoms with E-state index in [0.717, 1.165) is 45.0 Å². The predicted octanol–water partition coefficient (Wildman–Crippen LogP) is 0.377. The number of piperazine rings is 1. The zero-order chi connectivity index (χ0) is 14.1. The zero-order valence-corrected chi connectivity index (χ0v) is 12.1. The number of amides is 1.